The first kappa shape index (κ1) is 14.0. The van der Waals surface area contributed by atoms with Crippen molar-refractivity contribution in [3.63, 3.8) is 0 Å². The SMILES string of the molecule is Cc1nn(CC2CCN(C(=O)c3ccccc3)C2)c(=O)s1. The Kier molecular flexibility index (Phi) is 3.88. The lowest BCUT2D eigenvalue weighted by Gasteiger charge is -2.16. The number of rotatable bonds is 3. The van der Waals surface area contributed by atoms with E-state index >= 15 is 0 Å². The van der Waals surface area contributed by atoms with Crippen molar-refractivity contribution in [3.05, 3.63) is 50.6 Å². The Morgan fingerprint density at radius 3 is 2.81 bits per heavy atom. The third-order valence-electron chi connectivity index (χ3n) is 3.73. The number of nitrogens with zero attached hydrogens (tertiary/aromatic N) is 3. The molecular formula is C15H17N3O2S. The number of amides is 1. The molecule has 0 radical (unpaired) electrons. The van der Waals surface area contributed by atoms with Crippen molar-refractivity contribution in [2.75, 3.05) is 13.1 Å². The molecule has 0 bridgehead atoms. The van der Waals surface area contributed by atoms with E-state index in [2.05, 4.69) is 5.10 Å². The maximum Gasteiger partial charge on any atom is 0.325 e. The van der Waals surface area contributed by atoms with Gasteiger partial charge in [0.15, 0.2) is 0 Å². The smallest absolute Gasteiger partial charge is 0.325 e. The zero-order valence-corrected chi connectivity index (χ0v) is 12.7. The van der Waals surface area contributed by atoms with Gasteiger partial charge in [0.25, 0.3) is 5.91 Å². The quantitative estimate of drug-likeness (QED) is 0.868. The van der Waals surface area contributed by atoms with Crippen molar-refractivity contribution in [1.82, 2.24) is 14.7 Å². The van der Waals surface area contributed by atoms with Gasteiger partial charge in [0.1, 0.15) is 5.01 Å². The highest BCUT2D eigenvalue weighted by atomic mass is 32.1. The van der Waals surface area contributed by atoms with E-state index in [-0.39, 0.29) is 10.8 Å². The zero-order chi connectivity index (χ0) is 14.8. The van der Waals surface area contributed by atoms with Crippen LogP contribution in [-0.2, 0) is 6.54 Å². The van der Waals surface area contributed by atoms with Gasteiger partial charge in [-0.3, -0.25) is 9.59 Å². The molecule has 2 heterocycles. The van der Waals surface area contributed by atoms with E-state index in [0.29, 0.717) is 19.0 Å². The van der Waals surface area contributed by atoms with Crippen molar-refractivity contribution in [1.29, 1.82) is 0 Å². The number of aromatic nitrogens is 2. The van der Waals surface area contributed by atoms with E-state index in [1.807, 2.05) is 42.2 Å². The van der Waals surface area contributed by atoms with Crippen LogP contribution in [0.1, 0.15) is 21.8 Å². The number of benzene rings is 1. The van der Waals surface area contributed by atoms with Gasteiger partial charge < -0.3 is 4.90 Å². The molecule has 0 N–H and O–H groups in total. The summed E-state index contributed by atoms with van der Waals surface area (Å²) in [5.74, 6) is 0.372. The van der Waals surface area contributed by atoms with E-state index < -0.39 is 0 Å². The summed E-state index contributed by atoms with van der Waals surface area (Å²) < 4.78 is 1.53. The van der Waals surface area contributed by atoms with Crippen molar-refractivity contribution >= 4 is 17.2 Å². The Balaban J connectivity index is 1.64. The number of carbonyl (C=O) groups is 1. The largest absolute Gasteiger partial charge is 0.338 e. The lowest BCUT2D eigenvalue weighted by Crippen LogP contribution is -2.30. The molecule has 1 amide bonds. The first-order valence-corrected chi connectivity index (χ1v) is 7.84. The number of carbonyl (C=O) groups excluding carboxylic acids is 1. The van der Waals surface area contributed by atoms with Gasteiger partial charge in [-0.15, -0.1) is 0 Å². The molecule has 1 saturated heterocycles. The number of aryl methyl sites for hydroxylation is 1. The maximum atomic E-state index is 12.4. The molecule has 6 heteroatoms. The van der Waals surface area contributed by atoms with Gasteiger partial charge >= 0.3 is 4.87 Å². The molecule has 5 nitrogen and oxygen atoms in total. The van der Waals surface area contributed by atoms with Crippen molar-refractivity contribution in [2.24, 2.45) is 5.92 Å². The molecule has 0 aliphatic carbocycles. The standard InChI is InChI=1S/C15H17N3O2S/c1-11-16-18(15(20)21-11)10-12-7-8-17(9-12)14(19)13-5-3-2-4-6-13/h2-6,12H,7-10H2,1H3. The Labute approximate surface area is 126 Å². The molecule has 1 aliphatic heterocycles. The first-order valence-electron chi connectivity index (χ1n) is 7.02. The summed E-state index contributed by atoms with van der Waals surface area (Å²) in [6.45, 7) is 3.87. The molecule has 1 aliphatic rings. The van der Waals surface area contributed by atoms with Crippen LogP contribution in [0, 0.1) is 12.8 Å². The molecule has 0 spiro atoms. The summed E-state index contributed by atoms with van der Waals surface area (Å²) in [7, 11) is 0. The number of hydrogen-bond acceptors (Lipinski definition) is 4. The first-order chi connectivity index (χ1) is 10.1. The van der Waals surface area contributed by atoms with E-state index in [0.717, 1.165) is 23.5 Å². The lowest BCUT2D eigenvalue weighted by atomic mass is 10.1. The number of hydrogen-bond donors (Lipinski definition) is 0. The molecular weight excluding hydrogens is 286 g/mol. The monoisotopic (exact) mass is 303 g/mol. The van der Waals surface area contributed by atoms with Crippen LogP contribution in [0.25, 0.3) is 0 Å². The fourth-order valence-electron chi connectivity index (χ4n) is 2.70. The Morgan fingerprint density at radius 1 is 1.38 bits per heavy atom. The Bertz CT molecular complexity index is 692. The Hall–Kier alpha value is -1.95. The second-order valence-corrected chi connectivity index (χ2v) is 6.49. The minimum Gasteiger partial charge on any atom is -0.338 e. The molecule has 1 fully saturated rings. The third kappa shape index (κ3) is 3.05. The molecule has 21 heavy (non-hydrogen) atoms. The second kappa shape index (κ2) is 5.81. The zero-order valence-electron chi connectivity index (χ0n) is 11.9. The highest BCUT2D eigenvalue weighted by molar-refractivity contribution is 7.08. The Morgan fingerprint density at radius 2 is 2.14 bits per heavy atom. The van der Waals surface area contributed by atoms with Gasteiger partial charge in [-0.25, -0.2) is 4.68 Å². The average Bonchev–Trinajstić information content (AvgIpc) is 3.07. The van der Waals surface area contributed by atoms with Crippen LogP contribution < -0.4 is 4.87 Å². The predicted molar refractivity (Wildman–Crippen MR) is 81.6 cm³/mol. The van der Waals surface area contributed by atoms with Gasteiger partial charge in [-0.05, 0) is 31.4 Å². The van der Waals surface area contributed by atoms with Crippen LogP contribution in [0.5, 0.6) is 0 Å². The van der Waals surface area contributed by atoms with E-state index in [4.69, 9.17) is 0 Å². The molecule has 1 aromatic heterocycles. The molecule has 110 valence electrons. The molecule has 0 saturated carbocycles. The molecule has 1 aromatic carbocycles. The topological polar surface area (TPSA) is 55.2 Å². The summed E-state index contributed by atoms with van der Waals surface area (Å²) in [5.41, 5.74) is 0.722. The second-order valence-electron chi connectivity index (χ2n) is 5.34. The van der Waals surface area contributed by atoms with Crippen LogP contribution in [0.3, 0.4) is 0 Å². The highest BCUT2D eigenvalue weighted by Gasteiger charge is 2.27. The van der Waals surface area contributed by atoms with Gasteiger partial charge in [-0.2, -0.15) is 5.10 Å². The average molecular weight is 303 g/mol. The van der Waals surface area contributed by atoms with Crippen molar-refractivity contribution < 1.29 is 4.79 Å². The van der Waals surface area contributed by atoms with Gasteiger partial charge in [-0.1, -0.05) is 29.5 Å². The molecule has 1 atom stereocenters. The highest BCUT2D eigenvalue weighted by Crippen LogP contribution is 2.20. The van der Waals surface area contributed by atoms with Crippen LogP contribution in [-0.4, -0.2) is 33.7 Å². The van der Waals surface area contributed by atoms with E-state index in [1.165, 1.54) is 16.0 Å². The van der Waals surface area contributed by atoms with Gasteiger partial charge in [0.2, 0.25) is 0 Å². The fraction of sp³-hybridized carbons (Fsp3) is 0.400. The van der Waals surface area contributed by atoms with E-state index in [9.17, 15) is 9.59 Å². The predicted octanol–water partition coefficient (Wildman–Crippen LogP) is 1.78. The fourth-order valence-corrected chi connectivity index (χ4v) is 3.31. The van der Waals surface area contributed by atoms with Gasteiger partial charge in [0.05, 0.1) is 6.54 Å². The van der Waals surface area contributed by atoms with Crippen LogP contribution in [0.15, 0.2) is 35.1 Å². The number of likely N-dealkylation sites (tertiary alicyclic amines) is 1. The molecule has 2 aromatic rings. The van der Waals surface area contributed by atoms with Crippen LogP contribution in [0.2, 0.25) is 0 Å². The molecule has 1 unspecified atom stereocenters. The van der Waals surface area contributed by atoms with Crippen LogP contribution >= 0.6 is 11.3 Å². The normalized spacial score (nSPS) is 18.1. The lowest BCUT2D eigenvalue weighted by molar-refractivity contribution is 0.0785. The summed E-state index contributed by atoms with van der Waals surface area (Å²) >= 11 is 1.17. The summed E-state index contributed by atoms with van der Waals surface area (Å²) in [4.78, 5) is 25.9. The molecule has 3 rings (SSSR count). The van der Waals surface area contributed by atoms with Crippen molar-refractivity contribution in [2.45, 2.75) is 19.9 Å². The minimum absolute atomic E-state index is 0.0136. The van der Waals surface area contributed by atoms with E-state index in [1.54, 1.807) is 0 Å². The van der Waals surface area contributed by atoms with Crippen LogP contribution in [0.4, 0.5) is 0 Å². The summed E-state index contributed by atoms with van der Waals surface area (Å²) in [6.07, 6.45) is 0.918. The van der Waals surface area contributed by atoms with Gasteiger partial charge in [0, 0.05) is 18.7 Å². The minimum atomic E-state index is -0.0136. The summed E-state index contributed by atoms with van der Waals surface area (Å²) in [6, 6.07) is 9.32. The summed E-state index contributed by atoms with van der Waals surface area (Å²) in [5, 5.41) is 5.01. The maximum absolute atomic E-state index is 12.4. The van der Waals surface area contributed by atoms with Crippen molar-refractivity contribution in [3.8, 4) is 0 Å². The third-order valence-corrected chi connectivity index (χ3v) is 4.49.